The van der Waals surface area contributed by atoms with Crippen molar-refractivity contribution in [3.05, 3.63) is 131 Å². The smallest absolute Gasteiger partial charge is 0.254 e. The van der Waals surface area contributed by atoms with Crippen LogP contribution in [0.4, 0.5) is 10.1 Å². The molecule has 0 N–H and O–H groups in total. The molecule has 1 aliphatic rings. The van der Waals surface area contributed by atoms with Crippen molar-refractivity contribution < 1.29 is 26.8 Å². The van der Waals surface area contributed by atoms with Gasteiger partial charge in [0.25, 0.3) is 5.91 Å². The topological polar surface area (TPSA) is 106 Å². The molecule has 11 heteroatoms. The fourth-order valence-corrected chi connectivity index (χ4v) is 7.86. The summed E-state index contributed by atoms with van der Waals surface area (Å²) in [4.78, 5) is 34.1. The first-order valence-electron chi connectivity index (χ1n) is 16.8. The largest absolute Gasteiger partial charge is 0.455 e. The van der Waals surface area contributed by atoms with Crippen LogP contribution in [0.1, 0.15) is 56.9 Å². The molecule has 0 spiro atoms. The molecule has 3 aromatic heterocycles. The number of Topliss-reactive ketones (excluding diaryl/α,β-unsaturated/α-hetero) is 1. The minimum atomic E-state index is -3.96. The molecule has 1 amide bonds. The van der Waals surface area contributed by atoms with Crippen molar-refractivity contribution in [1.82, 2.24) is 14.5 Å². The summed E-state index contributed by atoms with van der Waals surface area (Å²) in [5.74, 6) is 0.0138. The third-order valence-corrected chi connectivity index (χ3v) is 10.6. The van der Waals surface area contributed by atoms with Crippen LogP contribution in [-0.4, -0.2) is 60.6 Å². The van der Waals surface area contributed by atoms with E-state index in [4.69, 9.17) is 4.42 Å². The molecule has 4 heterocycles. The fourth-order valence-electron chi connectivity index (χ4n) is 6.95. The Balaban J connectivity index is 1.40. The Morgan fingerprint density at radius 1 is 0.980 bits per heavy atom. The number of carbonyl (C=O) groups excluding carboxylic acids is 2. The van der Waals surface area contributed by atoms with Crippen LogP contribution in [0.25, 0.3) is 33.4 Å². The Hall–Kier alpha value is -5.55. The van der Waals surface area contributed by atoms with Gasteiger partial charge in [-0.05, 0) is 54.4 Å². The van der Waals surface area contributed by atoms with Crippen LogP contribution < -0.4 is 4.31 Å². The Morgan fingerprint density at radius 3 is 2.49 bits per heavy atom. The summed E-state index contributed by atoms with van der Waals surface area (Å²) < 4.78 is 49.8. The van der Waals surface area contributed by atoms with Crippen LogP contribution in [-0.2, 0) is 16.6 Å². The van der Waals surface area contributed by atoms with Gasteiger partial charge in [0, 0.05) is 71.9 Å². The molecule has 0 saturated carbocycles. The molecular weight excluding hydrogens is 668 g/mol. The Labute approximate surface area is 296 Å². The highest BCUT2D eigenvalue weighted by atomic mass is 32.2. The number of amides is 1. The highest BCUT2D eigenvalue weighted by Gasteiger charge is 2.33. The molecule has 0 aliphatic carbocycles. The van der Waals surface area contributed by atoms with Crippen LogP contribution >= 0.6 is 0 Å². The van der Waals surface area contributed by atoms with Crippen molar-refractivity contribution in [3.8, 4) is 22.5 Å². The number of nitrogens with zero attached hydrogens (tertiary/aromatic N) is 4. The molecule has 6 aromatic rings. The van der Waals surface area contributed by atoms with E-state index in [1.54, 1.807) is 55.7 Å². The molecular formula is C40H37FN4O5S. The van der Waals surface area contributed by atoms with Gasteiger partial charge in [-0.15, -0.1) is 0 Å². The fraction of sp³-hybridized carbons (Fsp3) is 0.225. The molecule has 0 radical (unpaired) electrons. The van der Waals surface area contributed by atoms with Gasteiger partial charge in [0.1, 0.15) is 18.0 Å². The van der Waals surface area contributed by atoms with E-state index in [0.29, 0.717) is 52.1 Å². The zero-order valence-electron chi connectivity index (χ0n) is 28.5. The zero-order valence-corrected chi connectivity index (χ0v) is 29.4. The number of rotatable bonds is 10. The standard InChI is InChI=1S/C40H37FN4O5S/c1-4-35(46)37-32-23-31(34(45(19-16-41)51(3,48)49)24-36(32)50-39(37)27-14-12-26(2)13-15-27)28-8-5-9-29(22-28)40(47)44-21-20-43-18-7-11-33(43)38(44)30-10-6-17-42-25-30/h5-15,17-18,22-25,38H,4,16,19-21H2,1-3H3. The van der Waals surface area contributed by atoms with Gasteiger partial charge in [0.15, 0.2) is 5.78 Å². The molecule has 0 bridgehead atoms. The summed E-state index contributed by atoms with van der Waals surface area (Å²) >= 11 is 0. The second-order valence-electron chi connectivity index (χ2n) is 12.7. The second kappa shape index (κ2) is 13.6. The van der Waals surface area contributed by atoms with Gasteiger partial charge in [-0.25, -0.2) is 12.8 Å². The molecule has 1 atom stereocenters. The first-order chi connectivity index (χ1) is 24.6. The van der Waals surface area contributed by atoms with E-state index in [2.05, 4.69) is 9.55 Å². The van der Waals surface area contributed by atoms with Gasteiger partial charge in [0.05, 0.1) is 30.1 Å². The predicted molar refractivity (Wildman–Crippen MR) is 196 cm³/mol. The summed E-state index contributed by atoms with van der Waals surface area (Å²) in [6.07, 6.45) is 6.69. The quantitative estimate of drug-likeness (QED) is 0.135. The number of furan rings is 1. The third-order valence-electron chi connectivity index (χ3n) is 9.40. The molecule has 1 unspecified atom stereocenters. The van der Waals surface area contributed by atoms with Crippen molar-refractivity contribution in [2.75, 3.05) is 30.3 Å². The van der Waals surface area contributed by atoms with Crippen molar-refractivity contribution in [2.24, 2.45) is 0 Å². The lowest BCUT2D eigenvalue weighted by Crippen LogP contribution is -2.42. The number of halogens is 1. The van der Waals surface area contributed by atoms with Crippen LogP contribution in [0, 0.1) is 6.92 Å². The number of sulfonamides is 1. The Bertz CT molecular complexity index is 2370. The van der Waals surface area contributed by atoms with Gasteiger partial charge in [-0.3, -0.25) is 18.9 Å². The van der Waals surface area contributed by atoms with Crippen LogP contribution in [0.2, 0.25) is 0 Å². The van der Waals surface area contributed by atoms with Gasteiger partial charge < -0.3 is 13.9 Å². The lowest BCUT2D eigenvalue weighted by molar-refractivity contribution is 0.0663. The average molecular weight is 705 g/mol. The van der Waals surface area contributed by atoms with Gasteiger partial charge in [0.2, 0.25) is 10.0 Å². The molecule has 51 heavy (non-hydrogen) atoms. The summed E-state index contributed by atoms with van der Waals surface area (Å²) in [5.41, 5.74) is 5.75. The predicted octanol–water partition coefficient (Wildman–Crippen LogP) is 7.85. The first-order valence-corrected chi connectivity index (χ1v) is 18.6. The van der Waals surface area contributed by atoms with E-state index in [1.165, 1.54) is 0 Å². The van der Waals surface area contributed by atoms with E-state index in [9.17, 15) is 22.4 Å². The van der Waals surface area contributed by atoms with Gasteiger partial charge in [-0.2, -0.15) is 0 Å². The number of aromatic nitrogens is 2. The van der Waals surface area contributed by atoms with E-state index >= 15 is 0 Å². The van der Waals surface area contributed by atoms with Crippen molar-refractivity contribution in [3.63, 3.8) is 0 Å². The van der Waals surface area contributed by atoms with Crippen LogP contribution in [0.3, 0.4) is 0 Å². The minimum Gasteiger partial charge on any atom is -0.455 e. The van der Waals surface area contributed by atoms with E-state index in [1.807, 2.05) is 66.6 Å². The number of anilines is 1. The highest BCUT2D eigenvalue weighted by Crippen LogP contribution is 2.42. The normalized spacial score (nSPS) is 14.4. The highest BCUT2D eigenvalue weighted by molar-refractivity contribution is 7.92. The maximum Gasteiger partial charge on any atom is 0.254 e. The first kappa shape index (κ1) is 33.9. The minimum absolute atomic E-state index is 0.146. The van der Waals surface area contributed by atoms with Crippen LogP contribution in [0.5, 0.6) is 0 Å². The average Bonchev–Trinajstić information content (AvgIpc) is 3.77. The number of benzene rings is 3. The Morgan fingerprint density at radius 2 is 1.78 bits per heavy atom. The summed E-state index contributed by atoms with van der Waals surface area (Å²) in [7, 11) is -3.96. The Kier molecular flexibility index (Phi) is 9.07. The second-order valence-corrected chi connectivity index (χ2v) is 14.6. The van der Waals surface area contributed by atoms with E-state index < -0.39 is 23.2 Å². The number of fused-ring (bicyclic) bond motifs is 2. The molecule has 9 nitrogen and oxygen atoms in total. The van der Waals surface area contributed by atoms with Crippen molar-refractivity contribution in [1.29, 1.82) is 0 Å². The number of hydrogen-bond donors (Lipinski definition) is 0. The van der Waals surface area contributed by atoms with E-state index in [0.717, 1.165) is 27.4 Å². The lowest BCUT2D eigenvalue weighted by Gasteiger charge is -2.37. The number of carbonyl (C=O) groups is 2. The summed E-state index contributed by atoms with van der Waals surface area (Å²) in [6, 6.07) is 25.2. The molecule has 3 aromatic carbocycles. The molecule has 7 rings (SSSR count). The van der Waals surface area contributed by atoms with Gasteiger partial charge in [-0.1, -0.05) is 55.0 Å². The number of pyridine rings is 1. The SMILES string of the molecule is CCC(=O)c1c(-c2ccc(C)cc2)oc2cc(N(CCF)S(C)(=O)=O)c(-c3cccc(C(=O)N4CCn5cccc5C4c4cccnc4)c3)cc12. The van der Waals surface area contributed by atoms with Crippen LogP contribution in [0.15, 0.2) is 108 Å². The number of hydrogen-bond acceptors (Lipinski definition) is 6. The molecule has 0 saturated heterocycles. The maximum atomic E-state index is 14.4. The number of aryl methyl sites for hydroxylation is 1. The number of alkyl halides is 1. The lowest BCUT2D eigenvalue weighted by atomic mass is 9.95. The summed E-state index contributed by atoms with van der Waals surface area (Å²) in [6.45, 7) is 3.46. The van der Waals surface area contributed by atoms with E-state index in [-0.39, 0.29) is 35.4 Å². The maximum absolute atomic E-state index is 14.4. The van der Waals surface area contributed by atoms with Crippen molar-refractivity contribution >= 4 is 38.4 Å². The monoisotopic (exact) mass is 704 g/mol. The molecule has 260 valence electrons. The zero-order chi connectivity index (χ0) is 35.9. The number of ketones is 1. The molecule has 1 aliphatic heterocycles. The van der Waals surface area contributed by atoms with Gasteiger partial charge >= 0.3 is 0 Å². The third kappa shape index (κ3) is 6.33. The van der Waals surface area contributed by atoms with Crippen molar-refractivity contribution in [2.45, 2.75) is 32.9 Å². The molecule has 0 fully saturated rings. The summed E-state index contributed by atoms with van der Waals surface area (Å²) in [5, 5.41) is 0.495.